The zero-order valence-corrected chi connectivity index (χ0v) is 13.2. The summed E-state index contributed by atoms with van der Waals surface area (Å²) in [7, 11) is 1.87. The van der Waals surface area contributed by atoms with Crippen LogP contribution < -0.4 is 10.9 Å². The van der Waals surface area contributed by atoms with Gasteiger partial charge in [0.2, 0.25) is 0 Å². The lowest BCUT2D eigenvalue weighted by molar-refractivity contribution is 0.508. The average molecular weight is 290 g/mol. The van der Waals surface area contributed by atoms with Gasteiger partial charge in [0.15, 0.2) is 0 Å². The van der Waals surface area contributed by atoms with Crippen LogP contribution in [-0.4, -0.2) is 11.6 Å². The number of hydrogen-bond acceptors (Lipinski definition) is 3. The molecular weight excluding hydrogens is 268 g/mol. The number of thiophene rings is 1. The topological polar surface area (TPSA) is 34.0 Å². The van der Waals surface area contributed by atoms with E-state index in [0.717, 1.165) is 29.1 Å². The molecule has 2 aromatic rings. The second-order valence-electron chi connectivity index (χ2n) is 5.39. The minimum absolute atomic E-state index is 0.130. The summed E-state index contributed by atoms with van der Waals surface area (Å²) in [4.78, 5) is 13.8. The molecule has 0 fully saturated rings. The standard InChI is InChI=1S/C16H22N2OS/c1-12(2)8-9-18-14(15-5-4-10-20-15)7-6-13(11-17-3)16(18)19/h4-7,10,12,17H,8-9,11H2,1-3H3. The fraction of sp³-hybridized carbons (Fsp3) is 0.438. The monoisotopic (exact) mass is 290 g/mol. The van der Waals surface area contributed by atoms with Crippen molar-refractivity contribution in [1.29, 1.82) is 0 Å². The lowest BCUT2D eigenvalue weighted by Gasteiger charge is -2.15. The van der Waals surface area contributed by atoms with E-state index in [-0.39, 0.29) is 5.56 Å². The molecule has 0 aliphatic rings. The maximum Gasteiger partial charge on any atom is 0.255 e. The maximum absolute atomic E-state index is 12.6. The number of nitrogens with one attached hydrogen (secondary N) is 1. The third-order valence-corrected chi connectivity index (χ3v) is 4.22. The lowest BCUT2D eigenvalue weighted by atomic mass is 10.1. The van der Waals surface area contributed by atoms with Crippen molar-refractivity contribution in [2.24, 2.45) is 5.92 Å². The Morgan fingerprint density at radius 1 is 1.30 bits per heavy atom. The number of hydrogen-bond donors (Lipinski definition) is 1. The number of nitrogens with zero attached hydrogens (tertiary/aromatic N) is 1. The Labute approximate surface area is 124 Å². The molecule has 0 saturated carbocycles. The predicted molar refractivity (Wildman–Crippen MR) is 86.2 cm³/mol. The average Bonchev–Trinajstić information content (AvgIpc) is 2.93. The summed E-state index contributed by atoms with van der Waals surface area (Å²) in [6, 6.07) is 8.11. The molecule has 0 saturated heterocycles. The van der Waals surface area contributed by atoms with Crippen LogP contribution in [0.25, 0.3) is 10.6 Å². The smallest absolute Gasteiger partial charge is 0.255 e. The van der Waals surface area contributed by atoms with E-state index in [4.69, 9.17) is 0 Å². The van der Waals surface area contributed by atoms with Crippen LogP contribution in [0.2, 0.25) is 0 Å². The van der Waals surface area contributed by atoms with Gasteiger partial charge in [-0.3, -0.25) is 4.79 Å². The van der Waals surface area contributed by atoms with E-state index < -0.39 is 0 Å². The summed E-state index contributed by atoms with van der Waals surface area (Å²) in [5.41, 5.74) is 1.99. The van der Waals surface area contributed by atoms with E-state index in [0.29, 0.717) is 12.5 Å². The van der Waals surface area contributed by atoms with Gasteiger partial charge < -0.3 is 9.88 Å². The van der Waals surface area contributed by atoms with Gasteiger partial charge in [-0.05, 0) is 36.9 Å². The van der Waals surface area contributed by atoms with Crippen molar-refractivity contribution in [3.63, 3.8) is 0 Å². The van der Waals surface area contributed by atoms with Crippen molar-refractivity contribution < 1.29 is 0 Å². The Balaban J connectivity index is 2.45. The molecule has 0 atom stereocenters. The van der Waals surface area contributed by atoms with Crippen LogP contribution >= 0.6 is 11.3 Å². The van der Waals surface area contributed by atoms with Crippen molar-refractivity contribution >= 4 is 11.3 Å². The van der Waals surface area contributed by atoms with Crippen molar-refractivity contribution in [2.75, 3.05) is 7.05 Å². The maximum atomic E-state index is 12.6. The molecule has 1 N–H and O–H groups in total. The molecule has 0 aliphatic heterocycles. The Kier molecular flexibility index (Phi) is 5.15. The van der Waals surface area contributed by atoms with Gasteiger partial charge in [-0.2, -0.15) is 0 Å². The molecule has 2 aromatic heterocycles. The summed E-state index contributed by atoms with van der Waals surface area (Å²) in [6.07, 6.45) is 1.02. The molecule has 0 spiro atoms. The fourth-order valence-electron chi connectivity index (χ4n) is 2.20. The second kappa shape index (κ2) is 6.86. The summed E-state index contributed by atoms with van der Waals surface area (Å²) in [5.74, 6) is 0.589. The third-order valence-electron chi connectivity index (χ3n) is 3.32. The SMILES string of the molecule is CNCc1ccc(-c2cccs2)n(CCC(C)C)c1=O. The summed E-state index contributed by atoms with van der Waals surface area (Å²) in [5, 5.41) is 5.11. The molecule has 20 heavy (non-hydrogen) atoms. The van der Waals surface area contributed by atoms with Gasteiger partial charge in [-0.25, -0.2) is 0 Å². The minimum atomic E-state index is 0.130. The highest BCUT2D eigenvalue weighted by Gasteiger charge is 2.11. The molecule has 0 amide bonds. The number of rotatable bonds is 6. The van der Waals surface area contributed by atoms with Crippen molar-refractivity contribution in [1.82, 2.24) is 9.88 Å². The highest BCUT2D eigenvalue weighted by molar-refractivity contribution is 7.13. The second-order valence-corrected chi connectivity index (χ2v) is 6.34. The Morgan fingerprint density at radius 2 is 2.10 bits per heavy atom. The number of aromatic nitrogens is 1. The van der Waals surface area contributed by atoms with Gasteiger partial charge in [0, 0.05) is 18.7 Å². The largest absolute Gasteiger partial charge is 0.315 e. The summed E-state index contributed by atoms with van der Waals surface area (Å²) < 4.78 is 1.93. The molecule has 0 radical (unpaired) electrons. The van der Waals surface area contributed by atoms with Crippen LogP contribution in [0.1, 0.15) is 25.8 Å². The molecule has 0 aliphatic carbocycles. The first-order valence-corrected chi connectivity index (χ1v) is 7.92. The molecule has 2 rings (SSSR count). The van der Waals surface area contributed by atoms with E-state index in [2.05, 4.69) is 31.3 Å². The van der Waals surface area contributed by atoms with Gasteiger partial charge in [0.05, 0.1) is 10.6 Å². The van der Waals surface area contributed by atoms with E-state index in [1.54, 1.807) is 11.3 Å². The minimum Gasteiger partial charge on any atom is -0.315 e. The molecule has 0 unspecified atom stereocenters. The summed E-state index contributed by atoms with van der Waals surface area (Å²) in [6.45, 7) is 5.77. The normalized spacial score (nSPS) is 11.2. The van der Waals surface area contributed by atoms with Gasteiger partial charge in [-0.1, -0.05) is 26.0 Å². The molecule has 2 heterocycles. The molecule has 0 aromatic carbocycles. The first-order chi connectivity index (χ1) is 9.63. The quantitative estimate of drug-likeness (QED) is 0.885. The Bertz CT molecular complexity index is 599. The van der Waals surface area contributed by atoms with Crippen LogP contribution in [0.3, 0.4) is 0 Å². The first kappa shape index (κ1) is 15.0. The van der Waals surface area contributed by atoms with E-state index >= 15 is 0 Å². The Hall–Kier alpha value is -1.39. The van der Waals surface area contributed by atoms with Crippen LogP contribution in [0.5, 0.6) is 0 Å². The zero-order chi connectivity index (χ0) is 14.5. The van der Waals surface area contributed by atoms with Gasteiger partial charge in [0.25, 0.3) is 5.56 Å². The van der Waals surface area contributed by atoms with Gasteiger partial charge in [0.1, 0.15) is 0 Å². The molecule has 3 nitrogen and oxygen atoms in total. The predicted octanol–water partition coefficient (Wildman–Crippen LogP) is 3.34. The van der Waals surface area contributed by atoms with Crippen molar-refractivity contribution in [3.8, 4) is 10.6 Å². The van der Waals surface area contributed by atoms with E-state index in [1.165, 1.54) is 0 Å². The van der Waals surface area contributed by atoms with Crippen LogP contribution in [-0.2, 0) is 13.1 Å². The van der Waals surface area contributed by atoms with Crippen molar-refractivity contribution in [2.45, 2.75) is 33.4 Å². The van der Waals surface area contributed by atoms with Crippen LogP contribution in [0, 0.1) is 5.92 Å². The van der Waals surface area contributed by atoms with E-state index in [9.17, 15) is 4.79 Å². The summed E-state index contributed by atoms with van der Waals surface area (Å²) >= 11 is 1.68. The Morgan fingerprint density at radius 3 is 2.70 bits per heavy atom. The first-order valence-electron chi connectivity index (χ1n) is 7.04. The molecular formula is C16H22N2OS. The van der Waals surface area contributed by atoms with Crippen LogP contribution in [0.15, 0.2) is 34.4 Å². The zero-order valence-electron chi connectivity index (χ0n) is 12.3. The van der Waals surface area contributed by atoms with Crippen molar-refractivity contribution in [3.05, 3.63) is 45.6 Å². The third kappa shape index (κ3) is 3.38. The highest BCUT2D eigenvalue weighted by atomic mass is 32.1. The van der Waals surface area contributed by atoms with Crippen LogP contribution in [0.4, 0.5) is 0 Å². The van der Waals surface area contributed by atoms with Gasteiger partial charge in [-0.15, -0.1) is 11.3 Å². The molecule has 108 valence electrons. The highest BCUT2D eigenvalue weighted by Crippen LogP contribution is 2.24. The molecule has 0 bridgehead atoms. The number of pyridine rings is 1. The molecule has 4 heteroatoms. The van der Waals surface area contributed by atoms with E-state index in [1.807, 2.05) is 29.1 Å². The fourth-order valence-corrected chi connectivity index (χ4v) is 2.96. The van der Waals surface area contributed by atoms with Gasteiger partial charge >= 0.3 is 0 Å². The lowest BCUT2D eigenvalue weighted by Crippen LogP contribution is -2.27.